The van der Waals surface area contributed by atoms with E-state index in [1.165, 1.54) is 37.0 Å². The van der Waals surface area contributed by atoms with Crippen LogP contribution < -0.4 is 0 Å². The van der Waals surface area contributed by atoms with Crippen LogP contribution in [0.15, 0.2) is 0 Å². The molecule has 2 aliphatic heterocycles. The summed E-state index contributed by atoms with van der Waals surface area (Å²) >= 11 is 2.48. The van der Waals surface area contributed by atoms with E-state index in [4.69, 9.17) is 0 Å². The lowest BCUT2D eigenvalue weighted by atomic mass is 10.1. The first kappa shape index (κ1) is 9.21. The van der Waals surface area contributed by atoms with Crippen molar-refractivity contribution in [3.8, 4) is 0 Å². The van der Waals surface area contributed by atoms with Crippen molar-refractivity contribution in [2.75, 3.05) is 37.7 Å². The summed E-state index contributed by atoms with van der Waals surface area (Å²) in [7, 11) is 2.25. The van der Waals surface area contributed by atoms with Gasteiger partial charge < -0.3 is 4.90 Å². The fourth-order valence-electron chi connectivity index (χ4n) is 2.65. The maximum atomic E-state index is 2.68. The van der Waals surface area contributed by atoms with Crippen LogP contribution in [0.2, 0.25) is 0 Å². The van der Waals surface area contributed by atoms with Crippen LogP contribution in [-0.4, -0.2) is 53.5 Å². The first-order valence-corrected chi connectivity index (χ1v) is 6.32. The van der Waals surface area contributed by atoms with Gasteiger partial charge in [-0.3, -0.25) is 4.90 Å². The molecule has 2 rings (SSSR count). The number of fused-ring (bicyclic) bond motifs is 1. The molecule has 3 heteroatoms. The monoisotopic (exact) mass is 280 g/mol. The Morgan fingerprint density at radius 2 is 2.25 bits per heavy atom. The predicted molar refractivity (Wildman–Crippen MR) is 59.9 cm³/mol. The topological polar surface area (TPSA) is 6.48 Å². The highest BCUT2D eigenvalue weighted by Crippen LogP contribution is 2.30. The number of hydrogen-bond donors (Lipinski definition) is 0. The van der Waals surface area contributed by atoms with Crippen LogP contribution in [0.3, 0.4) is 0 Å². The molecule has 0 radical (unpaired) electrons. The van der Waals surface area contributed by atoms with Crippen molar-refractivity contribution in [3.05, 3.63) is 0 Å². The summed E-state index contributed by atoms with van der Waals surface area (Å²) in [4.78, 5) is 5.16. The minimum absolute atomic E-state index is 0.893. The Labute approximate surface area is 88.4 Å². The van der Waals surface area contributed by atoms with Crippen molar-refractivity contribution < 1.29 is 0 Å². The van der Waals surface area contributed by atoms with E-state index in [0.29, 0.717) is 0 Å². The molecule has 0 aromatic carbocycles. The maximum absolute atomic E-state index is 2.68. The number of likely N-dealkylation sites (tertiary alicyclic amines) is 2. The second-order valence-electron chi connectivity index (χ2n) is 4.06. The van der Waals surface area contributed by atoms with Gasteiger partial charge in [-0.05, 0) is 25.9 Å². The summed E-state index contributed by atoms with van der Waals surface area (Å²) in [6.45, 7) is 5.30. The summed E-state index contributed by atoms with van der Waals surface area (Å²) in [6, 6.07) is 0.893. The fraction of sp³-hybridized carbons (Fsp3) is 1.00. The van der Waals surface area contributed by atoms with Crippen LogP contribution in [0.1, 0.15) is 6.42 Å². The number of alkyl halides is 1. The van der Waals surface area contributed by atoms with Crippen LogP contribution in [0, 0.1) is 5.92 Å². The lowest BCUT2D eigenvalue weighted by molar-refractivity contribution is 0.250. The zero-order valence-electron chi connectivity index (χ0n) is 7.67. The lowest BCUT2D eigenvalue weighted by Gasteiger charge is -2.22. The minimum Gasteiger partial charge on any atom is -0.304 e. The molecule has 2 fully saturated rings. The van der Waals surface area contributed by atoms with Crippen molar-refractivity contribution in [2.24, 2.45) is 5.92 Å². The van der Waals surface area contributed by atoms with Crippen molar-refractivity contribution in [1.82, 2.24) is 9.80 Å². The standard InChI is InChI=1S/C9H17IN2/c1-11-6-8-2-4-12(5-3-10)9(8)7-11/h8-9H,2-7H2,1H3. The Morgan fingerprint density at radius 3 is 3.00 bits per heavy atom. The van der Waals surface area contributed by atoms with Crippen molar-refractivity contribution in [3.63, 3.8) is 0 Å². The normalized spacial score (nSPS) is 37.5. The van der Waals surface area contributed by atoms with Crippen LogP contribution >= 0.6 is 22.6 Å². The Kier molecular flexibility index (Phi) is 2.92. The summed E-state index contributed by atoms with van der Waals surface area (Å²) in [6.07, 6.45) is 1.44. The summed E-state index contributed by atoms with van der Waals surface area (Å²) in [5, 5.41) is 0. The first-order valence-electron chi connectivity index (χ1n) is 4.80. The molecule has 0 aromatic rings. The molecule has 2 nitrogen and oxygen atoms in total. The third-order valence-electron chi connectivity index (χ3n) is 3.22. The second kappa shape index (κ2) is 3.80. The molecule has 2 atom stereocenters. The first-order chi connectivity index (χ1) is 5.81. The van der Waals surface area contributed by atoms with E-state index < -0.39 is 0 Å². The zero-order chi connectivity index (χ0) is 8.55. The average Bonchev–Trinajstić information content (AvgIpc) is 2.52. The highest BCUT2D eigenvalue weighted by Gasteiger charge is 2.39. The number of halogens is 1. The maximum Gasteiger partial charge on any atom is 0.0264 e. The Bertz CT molecular complexity index is 161. The van der Waals surface area contributed by atoms with Gasteiger partial charge in [0.2, 0.25) is 0 Å². The Balaban J connectivity index is 1.94. The van der Waals surface area contributed by atoms with E-state index in [9.17, 15) is 0 Å². The van der Waals surface area contributed by atoms with E-state index in [2.05, 4.69) is 39.4 Å². The Morgan fingerprint density at radius 1 is 1.42 bits per heavy atom. The number of rotatable bonds is 2. The zero-order valence-corrected chi connectivity index (χ0v) is 9.83. The molecule has 0 aromatic heterocycles. The van der Waals surface area contributed by atoms with Crippen LogP contribution in [0.25, 0.3) is 0 Å². The molecule has 0 N–H and O–H groups in total. The average molecular weight is 280 g/mol. The number of likely N-dealkylation sites (N-methyl/N-ethyl adjacent to an activating group) is 1. The third-order valence-corrected chi connectivity index (χ3v) is 3.70. The van der Waals surface area contributed by atoms with Crippen molar-refractivity contribution >= 4 is 22.6 Å². The Hall–Kier alpha value is 0.650. The van der Waals surface area contributed by atoms with E-state index in [0.717, 1.165) is 12.0 Å². The van der Waals surface area contributed by atoms with Gasteiger partial charge in [-0.2, -0.15) is 0 Å². The minimum atomic E-state index is 0.893. The molecule has 0 aliphatic carbocycles. The number of hydrogen-bond acceptors (Lipinski definition) is 2. The van der Waals surface area contributed by atoms with E-state index in [1.807, 2.05) is 0 Å². The smallest absolute Gasteiger partial charge is 0.0264 e. The molecule has 70 valence electrons. The molecule has 0 spiro atoms. The predicted octanol–water partition coefficient (Wildman–Crippen LogP) is 1.06. The lowest BCUT2D eigenvalue weighted by Crippen LogP contribution is -2.35. The molecule has 0 amide bonds. The SMILES string of the molecule is CN1CC2CCN(CCI)C2C1. The molecule has 0 saturated carbocycles. The van der Waals surface area contributed by atoms with Gasteiger partial charge in [-0.25, -0.2) is 0 Å². The van der Waals surface area contributed by atoms with Gasteiger partial charge in [0, 0.05) is 30.1 Å². The van der Waals surface area contributed by atoms with Gasteiger partial charge in [0.25, 0.3) is 0 Å². The molecular weight excluding hydrogens is 263 g/mol. The van der Waals surface area contributed by atoms with Gasteiger partial charge in [-0.15, -0.1) is 0 Å². The fourth-order valence-corrected chi connectivity index (χ4v) is 3.27. The van der Waals surface area contributed by atoms with Gasteiger partial charge in [0.05, 0.1) is 0 Å². The third kappa shape index (κ3) is 1.63. The molecule has 2 unspecified atom stereocenters. The molecule has 2 aliphatic rings. The van der Waals surface area contributed by atoms with E-state index in [1.54, 1.807) is 0 Å². The molecular formula is C9H17IN2. The second-order valence-corrected chi connectivity index (χ2v) is 5.14. The van der Waals surface area contributed by atoms with Gasteiger partial charge >= 0.3 is 0 Å². The highest BCUT2D eigenvalue weighted by atomic mass is 127. The molecule has 12 heavy (non-hydrogen) atoms. The number of nitrogens with zero attached hydrogens (tertiary/aromatic N) is 2. The molecule has 0 bridgehead atoms. The quantitative estimate of drug-likeness (QED) is 0.551. The van der Waals surface area contributed by atoms with Crippen molar-refractivity contribution in [1.29, 1.82) is 0 Å². The molecule has 2 heterocycles. The highest BCUT2D eigenvalue weighted by molar-refractivity contribution is 14.1. The van der Waals surface area contributed by atoms with Gasteiger partial charge in [-0.1, -0.05) is 22.6 Å². The van der Waals surface area contributed by atoms with Gasteiger partial charge in [0.1, 0.15) is 0 Å². The van der Waals surface area contributed by atoms with E-state index in [-0.39, 0.29) is 0 Å². The van der Waals surface area contributed by atoms with Crippen LogP contribution in [-0.2, 0) is 0 Å². The van der Waals surface area contributed by atoms with Gasteiger partial charge in [0.15, 0.2) is 0 Å². The summed E-state index contributed by atoms with van der Waals surface area (Å²) in [5.41, 5.74) is 0. The summed E-state index contributed by atoms with van der Waals surface area (Å²) in [5.74, 6) is 0.984. The van der Waals surface area contributed by atoms with Crippen LogP contribution in [0.4, 0.5) is 0 Å². The largest absolute Gasteiger partial charge is 0.304 e. The summed E-state index contributed by atoms with van der Waals surface area (Å²) < 4.78 is 1.28. The van der Waals surface area contributed by atoms with Crippen LogP contribution in [0.5, 0.6) is 0 Å². The van der Waals surface area contributed by atoms with Crippen molar-refractivity contribution in [2.45, 2.75) is 12.5 Å². The molecule has 2 saturated heterocycles. The van der Waals surface area contributed by atoms with E-state index >= 15 is 0 Å².